The number of hydrogen-bond acceptors (Lipinski definition) is 5. The van der Waals surface area contributed by atoms with Crippen LogP contribution >= 0.6 is 0 Å². The molecular formula is C23H31N9O. The summed E-state index contributed by atoms with van der Waals surface area (Å²) in [6, 6.07) is 15.4. The van der Waals surface area contributed by atoms with E-state index in [0.29, 0.717) is 5.56 Å². The van der Waals surface area contributed by atoms with E-state index in [1.807, 2.05) is 58.3 Å². The summed E-state index contributed by atoms with van der Waals surface area (Å²) < 4.78 is 0. The van der Waals surface area contributed by atoms with Gasteiger partial charge in [-0.05, 0) is 48.5 Å². The van der Waals surface area contributed by atoms with E-state index in [-0.39, 0.29) is 17.8 Å². The van der Waals surface area contributed by atoms with Crippen molar-refractivity contribution < 1.29 is 4.79 Å². The largest absolute Gasteiger partial charge is 0.370 e. The maximum absolute atomic E-state index is 12.7. The van der Waals surface area contributed by atoms with E-state index in [2.05, 4.69) is 15.1 Å². The summed E-state index contributed by atoms with van der Waals surface area (Å²) in [4.78, 5) is 20.9. The molecule has 2 heterocycles. The molecule has 1 amide bonds. The van der Waals surface area contributed by atoms with E-state index >= 15 is 0 Å². The minimum atomic E-state index is -0.147. The Morgan fingerprint density at radius 2 is 1.06 bits per heavy atom. The number of carbonyl (C=O) groups is 1. The van der Waals surface area contributed by atoms with Crippen molar-refractivity contribution in [3.05, 3.63) is 54.1 Å². The maximum Gasteiger partial charge on any atom is 0.255 e. The summed E-state index contributed by atoms with van der Waals surface area (Å²) in [5.41, 5.74) is 14.6. The average Bonchev–Trinajstić information content (AvgIpc) is 2.85. The van der Waals surface area contributed by atoms with Gasteiger partial charge in [-0.3, -0.25) is 15.6 Å². The first kappa shape index (κ1) is 22.3. The van der Waals surface area contributed by atoms with E-state index in [1.165, 1.54) is 0 Å². The molecule has 7 N–H and O–H groups in total. The number of anilines is 3. The zero-order valence-corrected chi connectivity index (χ0v) is 18.6. The van der Waals surface area contributed by atoms with Gasteiger partial charge >= 0.3 is 0 Å². The van der Waals surface area contributed by atoms with E-state index in [1.54, 1.807) is 0 Å². The first-order chi connectivity index (χ1) is 15.9. The van der Waals surface area contributed by atoms with Crippen LogP contribution in [0, 0.1) is 10.8 Å². The van der Waals surface area contributed by atoms with Gasteiger partial charge in [0.1, 0.15) is 0 Å². The fraction of sp³-hybridized carbons (Fsp3) is 0.348. The van der Waals surface area contributed by atoms with Crippen LogP contribution in [0.5, 0.6) is 0 Å². The van der Waals surface area contributed by atoms with Crippen LogP contribution in [-0.2, 0) is 0 Å². The van der Waals surface area contributed by atoms with Crippen LogP contribution in [0.3, 0.4) is 0 Å². The quantitative estimate of drug-likeness (QED) is 0.346. The smallest absolute Gasteiger partial charge is 0.255 e. The molecule has 2 fully saturated rings. The van der Waals surface area contributed by atoms with Gasteiger partial charge in [-0.2, -0.15) is 0 Å². The van der Waals surface area contributed by atoms with Crippen LogP contribution in [0.4, 0.5) is 17.1 Å². The summed E-state index contributed by atoms with van der Waals surface area (Å²) in [6.45, 7) is 6.11. The number of nitrogens with zero attached hydrogens (tertiary/aromatic N) is 4. The average molecular weight is 450 g/mol. The Kier molecular flexibility index (Phi) is 6.53. The van der Waals surface area contributed by atoms with Crippen molar-refractivity contribution in [1.82, 2.24) is 9.80 Å². The Labute approximate surface area is 193 Å². The first-order valence-corrected chi connectivity index (χ1v) is 11.1. The molecule has 0 aliphatic carbocycles. The number of amides is 1. The normalized spacial score (nSPS) is 16.5. The van der Waals surface area contributed by atoms with Gasteiger partial charge in [0.25, 0.3) is 5.91 Å². The molecule has 33 heavy (non-hydrogen) atoms. The van der Waals surface area contributed by atoms with Crippen LogP contribution < -0.4 is 26.6 Å². The van der Waals surface area contributed by atoms with Crippen LogP contribution in [0.1, 0.15) is 10.4 Å². The number of carbonyl (C=O) groups excluding carboxylic acids is 1. The van der Waals surface area contributed by atoms with Gasteiger partial charge in [0, 0.05) is 75.0 Å². The van der Waals surface area contributed by atoms with E-state index in [0.717, 1.165) is 69.4 Å². The van der Waals surface area contributed by atoms with Crippen LogP contribution in [0.2, 0.25) is 0 Å². The highest BCUT2D eigenvalue weighted by molar-refractivity contribution is 6.04. The second kappa shape index (κ2) is 9.68. The lowest BCUT2D eigenvalue weighted by Crippen LogP contribution is -2.50. The Bertz CT molecular complexity index is 990. The van der Waals surface area contributed by atoms with E-state index < -0.39 is 0 Å². The maximum atomic E-state index is 12.7. The number of hydrogen-bond donors (Lipinski definition) is 5. The molecular weight excluding hydrogens is 418 g/mol. The molecule has 0 atom stereocenters. The Morgan fingerprint density at radius 1 is 0.667 bits per heavy atom. The van der Waals surface area contributed by atoms with Crippen molar-refractivity contribution in [3.8, 4) is 0 Å². The summed E-state index contributed by atoms with van der Waals surface area (Å²) >= 11 is 0. The van der Waals surface area contributed by atoms with Crippen LogP contribution in [0.25, 0.3) is 0 Å². The molecule has 2 aromatic rings. The predicted molar refractivity (Wildman–Crippen MR) is 132 cm³/mol. The molecule has 0 unspecified atom stereocenters. The highest BCUT2D eigenvalue weighted by Gasteiger charge is 2.19. The Hall–Kier alpha value is -3.95. The monoisotopic (exact) mass is 449 g/mol. The van der Waals surface area contributed by atoms with Gasteiger partial charge in [0.15, 0.2) is 11.9 Å². The van der Waals surface area contributed by atoms with Crippen molar-refractivity contribution in [2.45, 2.75) is 0 Å². The lowest BCUT2D eigenvalue weighted by Gasteiger charge is -2.36. The molecule has 2 saturated heterocycles. The van der Waals surface area contributed by atoms with E-state index in [4.69, 9.17) is 22.3 Å². The molecule has 0 bridgehead atoms. The van der Waals surface area contributed by atoms with Crippen LogP contribution in [-0.4, -0.2) is 80.0 Å². The molecule has 0 aromatic heterocycles. The van der Waals surface area contributed by atoms with Crippen LogP contribution in [0.15, 0.2) is 48.5 Å². The van der Waals surface area contributed by atoms with Crippen molar-refractivity contribution >= 4 is 34.9 Å². The fourth-order valence-corrected chi connectivity index (χ4v) is 4.19. The van der Waals surface area contributed by atoms with Gasteiger partial charge in [-0.25, -0.2) is 0 Å². The highest BCUT2D eigenvalue weighted by atomic mass is 16.1. The highest BCUT2D eigenvalue weighted by Crippen LogP contribution is 2.21. The third-order valence-electron chi connectivity index (χ3n) is 6.23. The summed E-state index contributed by atoms with van der Waals surface area (Å²) in [6.07, 6.45) is 0. The zero-order valence-electron chi connectivity index (χ0n) is 18.6. The third kappa shape index (κ3) is 5.28. The number of nitrogens with two attached hydrogens (primary N) is 2. The summed E-state index contributed by atoms with van der Waals surface area (Å²) in [7, 11) is 0. The molecule has 4 rings (SSSR count). The lowest BCUT2D eigenvalue weighted by molar-refractivity contribution is 0.102. The molecule has 10 heteroatoms. The molecule has 2 aromatic carbocycles. The SMILES string of the molecule is N=C(N)N1CCN(c2ccc(NC(=O)c3ccc(N4CCN(C(=N)N)CC4)cc3)cc2)CC1. The molecule has 0 saturated carbocycles. The minimum absolute atomic E-state index is 0.116. The number of nitrogens with one attached hydrogen (secondary N) is 3. The second-order valence-corrected chi connectivity index (χ2v) is 8.27. The summed E-state index contributed by atoms with van der Waals surface area (Å²) in [5.74, 6) is 0.0901. The zero-order chi connectivity index (χ0) is 23.4. The predicted octanol–water partition coefficient (Wildman–Crippen LogP) is 0.970. The summed E-state index contributed by atoms with van der Waals surface area (Å²) in [5, 5.41) is 18.0. The Morgan fingerprint density at radius 3 is 1.45 bits per heavy atom. The minimum Gasteiger partial charge on any atom is -0.370 e. The fourth-order valence-electron chi connectivity index (χ4n) is 4.19. The number of piperazine rings is 2. The first-order valence-electron chi connectivity index (χ1n) is 11.1. The molecule has 0 spiro atoms. The van der Waals surface area contributed by atoms with Gasteiger partial charge in [-0.1, -0.05) is 0 Å². The lowest BCUT2D eigenvalue weighted by atomic mass is 10.1. The number of rotatable bonds is 4. The van der Waals surface area contributed by atoms with Crippen molar-refractivity contribution in [2.75, 3.05) is 67.5 Å². The van der Waals surface area contributed by atoms with Gasteiger partial charge in [-0.15, -0.1) is 0 Å². The standard InChI is InChI=1S/C23H31N9O/c24-22(25)31-13-9-29(10-14-31)19-5-1-17(2-6-19)21(33)28-18-3-7-20(8-4-18)30-11-15-32(16-12-30)23(26)27/h1-8H,9-16H2,(H3,24,25)(H3,26,27)(H,28,33). The molecule has 10 nitrogen and oxygen atoms in total. The van der Waals surface area contributed by atoms with E-state index in [9.17, 15) is 4.79 Å². The third-order valence-corrected chi connectivity index (χ3v) is 6.23. The van der Waals surface area contributed by atoms with Crippen molar-refractivity contribution in [1.29, 1.82) is 10.8 Å². The molecule has 174 valence electrons. The topological polar surface area (TPSA) is 142 Å². The molecule has 2 aliphatic heterocycles. The van der Waals surface area contributed by atoms with Gasteiger partial charge in [0.2, 0.25) is 0 Å². The number of guanidine groups is 2. The molecule has 2 aliphatic rings. The van der Waals surface area contributed by atoms with Crippen molar-refractivity contribution in [3.63, 3.8) is 0 Å². The second-order valence-electron chi connectivity index (χ2n) is 8.27. The number of benzene rings is 2. The molecule has 0 radical (unpaired) electrons. The Balaban J connectivity index is 1.30. The van der Waals surface area contributed by atoms with Gasteiger partial charge < -0.3 is 36.4 Å². The van der Waals surface area contributed by atoms with Gasteiger partial charge in [0.05, 0.1) is 0 Å². The van der Waals surface area contributed by atoms with Crippen molar-refractivity contribution in [2.24, 2.45) is 11.5 Å².